The van der Waals surface area contributed by atoms with Crippen molar-refractivity contribution >= 4 is 23.4 Å². The SMILES string of the molecule is CSc1ccccc1NC(=O)CCN(C)CCOc1ccc(F)cc1. The van der Waals surface area contributed by atoms with Crippen molar-refractivity contribution in [1.29, 1.82) is 0 Å². The van der Waals surface area contributed by atoms with Crippen LogP contribution in [-0.2, 0) is 4.79 Å². The summed E-state index contributed by atoms with van der Waals surface area (Å²) in [5.74, 6) is 0.354. The zero-order valence-corrected chi connectivity index (χ0v) is 15.3. The molecule has 1 N–H and O–H groups in total. The molecular formula is C19H23FN2O2S. The molecule has 0 saturated carbocycles. The number of carbonyl (C=O) groups is 1. The largest absolute Gasteiger partial charge is 0.492 e. The van der Waals surface area contributed by atoms with Crippen LogP contribution < -0.4 is 10.1 Å². The number of halogens is 1. The maximum atomic E-state index is 12.8. The van der Waals surface area contributed by atoms with Gasteiger partial charge in [-0.3, -0.25) is 4.79 Å². The van der Waals surface area contributed by atoms with Crippen LogP contribution in [0.25, 0.3) is 0 Å². The van der Waals surface area contributed by atoms with Crippen LogP contribution in [0.4, 0.5) is 10.1 Å². The third-order valence-electron chi connectivity index (χ3n) is 3.66. The van der Waals surface area contributed by atoms with Gasteiger partial charge in [-0.2, -0.15) is 0 Å². The monoisotopic (exact) mass is 362 g/mol. The van der Waals surface area contributed by atoms with Gasteiger partial charge in [-0.05, 0) is 49.7 Å². The molecule has 1 amide bonds. The first kappa shape index (κ1) is 19.3. The highest BCUT2D eigenvalue weighted by atomic mass is 32.2. The summed E-state index contributed by atoms with van der Waals surface area (Å²) in [6.45, 7) is 1.81. The molecule has 0 radical (unpaired) electrons. The van der Waals surface area contributed by atoms with Crippen LogP contribution in [0.2, 0.25) is 0 Å². The van der Waals surface area contributed by atoms with E-state index in [9.17, 15) is 9.18 Å². The van der Waals surface area contributed by atoms with E-state index in [-0.39, 0.29) is 11.7 Å². The van der Waals surface area contributed by atoms with Gasteiger partial charge in [0.1, 0.15) is 18.2 Å². The average Bonchev–Trinajstić information content (AvgIpc) is 2.62. The Morgan fingerprint density at radius 1 is 1.16 bits per heavy atom. The number of likely N-dealkylation sites (N-methyl/N-ethyl adjacent to an activating group) is 1. The second-order valence-electron chi connectivity index (χ2n) is 5.60. The van der Waals surface area contributed by atoms with E-state index in [2.05, 4.69) is 5.32 Å². The lowest BCUT2D eigenvalue weighted by atomic mass is 10.3. The predicted octanol–water partition coefficient (Wildman–Crippen LogP) is 3.89. The summed E-state index contributed by atoms with van der Waals surface area (Å²) < 4.78 is 18.4. The van der Waals surface area contributed by atoms with Crippen molar-refractivity contribution in [2.24, 2.45) is 0 Å². The van der Waals surface area contributed by atoms with E-state index in [4.69, 9.17) is 4.74 Å². The average molecular weight is 362 g/mol. The molecule has 0 aliphatic carbocycles. The fourth-order valence-corrected chi connectivity index (χ4v) is 2.77. The smallest absolute Gasteiger partial charge is 0.225 e. The van der Waals surface area contributed by atoms with E-state index in [1.165, 1.54) is 12.1 Å². The molecule has 134 valence electrons. The number of ether oxygens (including phenoxy) is 1. The Labute approximate surface area is 152 Å². The van der Waals surface area contributed by atoms with Crippen LogP contribution in [0.15, 0.2) is 53.4 Å². The Bertz CT molecular complexity index is 679. The maximum absolute atomic E-state index is 12.8. The number of carbonyl (C=O) groups excluding carboxylic acids is 1. The molecule has 25 heavy (non-hydrogen) atoms. The quantitative estimate of drug-likeness (QED) is 0.687. The Kier molecular flexibility index (Phi) is 7.76. The number of benzene rings is 2. The number of amides is 1. The number of para-hydroxylation sites is 1. The van der Waals surface area contributed by atoms with Crippen molar-refractivity contribution < 1.29 is 13.9 Å². The van der Waals surface area contributed by atoms with Crippen LogP contribution in [0.3, 0.4) is 0 Å². The van der Waals surface area contributed by atoms with E-state index < -0.39 is 0 Å². The number of hydrogen-bond acceptors (Lipinski definition) is 4. The van der Waals surface area contributed by atoms with Gasteiger partial charge in [-0.1, -0.05) is 12.1 Å². The third kappa shape index (κ3) is 6.76. The molecule has 0 bridgehead atoms. The lowest BCUT2D eigenvalue weighted by Crippen LogP contribution is -2.28. The van der Waals surface area contributed by atoms with Gasteiger partial charge in [0.15, 0.2) is 0 Å². The highest BCUT2D eigenvalue weighted by Crippen LogP contribution is 2.24. The number of nitrogens with one attached hydrogen (secondary N) is 1. The van der Waals surface area contributed by atoms with Gasteiger partial charge in [0, 0.05) is 24.4 Å². The lowest BCUT2D eigenvalue weighted by Gasteiger charge is -2.17. The van der Waals surface area contributed by atoms with E-state index in [1.807, 2.05) is 42.5 Å². The highest BCUT2D eigenvalue weighted by molar-refractivity contribution is 7.98. The third-order valence-corrected chi connectivity index (χ3v) is 4.45. The zero-order valence-electron chi connectivity index (χ0n) is 14.5. The summed E-state index contributed by atoms with van der Waals surface area (Å²) in [5.41, 5.74) is 0.849. The van der Waals surface area contributed by atoms with Crippen molar-refractivity contribution in [2.75, 3.05) is 38.3 Å². The van der Waals surface area contributed by atoms with Crippen LogP contribution in [0, 0.1) is 5.82 Å². The Balaban J connectivity index is 1.67. The maximum Gasteiger partial charge on any atom is 0.225 e. The van der Waals surface area contributed by atoms with Gasteiger partial charge in [0.2, 0.25) is 5.91 Å². The van der Waals surface area contributed by atoms with Gasteiger partial charge < -0.3 is 15.0 Å². The molecule has 0 heterocycles. The molecule has 0 aromatic heterocycles. The van der Waals surface area contributed by atoms with Gasteiger partial charge in [0.05, 0.1) is 5.69 Å². The van der Waals surface area contributed by atoms with Crippen LogP contribution in [-0.4, -0.2) is 43.8 Å². The molecular weight excluding hydrogens is 339 g/mol. The van der Waals surface area contributed by atoms with Crippen molar-refractivity contribution in [1.82, 2.24) is 4.90 Å². The molecule has 0 fully saturated rings. The van der Waals surface area contributed by atoms with Crippen LogP contribution >= 0.6 is 11.8 Å². The normalized spacial score (nSPS) is 10.7. The van der Waals surface area contributed by atoms with Gasteiger partial charge in [-0.25, -0.2) is 4.39 Å². The van der Waals surface area contributed by atoms with Crippen molar-refractivity contribution in [3.8, 4) is 5.75 Å². The molecule has 0 spiro atoms. The van der Waals surface area contributed by atoms with Crippen molar-refractivity contribution in [2.45, 2.75) is 11.3 Å². The molecule has 4 nitrogen and oxygen atoms in total. The standard InChI is InChI=1S/C19H23FN2O2S/c1-22(13-14-24-16-9-7-15(20)8-10-16)12-11-19(23)21-17-5-3-4-6-18(17)25-2/h3-10H,11-14H2,1-2H3,(H,21,23). The van der Waals surface area contributed by atoms with Crippen LogP contribution in [0.5, 0.6) is 5.75 Å². The number of nitrogens with zero attached hydrogens (tertiary/aromatic N) is 1. The number of anilines is 1. The molecule has 6 heteroatoms. The Morgan fingerprint density at radius 3 is 2.60 bits per heavy atom. The predicted molar refractivity (Wildman–Crippen MR) is 101 cm³/mol. The highest BCUT2D eigenvalue weighted by Gasteiger charge is 2.08. The Morgan fingerprint density at radius 2 is 1.88 bits per heavy atom. The summed E-state index contributed by atoms with van der Waals surface area (Å²) in [7, 11) is 1.94. The summed E-state index contributed by atoms with van der Waals surface area (Å²) >= 11 is 1.61. The van der Waals surface area contributed by atoms with Gasteiger partial charge in [0.25, 0.3) is 0 Å². The molecule has 2 rings (SSSR count). The van der Waals surface area contributed by atoms with Gasteiger partial charge >= 0.3 is 0 Å². The Hall–Kier alpha value is -2.05. The van der Waals surface area contributed by atoms with Crippen LogP contribution in [0.1, 0.15) is 6.42 Å². The van der Waals surface area contributed by atoms with Crippen molar-refractivity contribution in [3.05, 3.63) is 54.3 Å². The summed E-state index contributed by atoms with van der Waals surface area (Å²) in [4.78, 5) is 15.2. The van der Waals surface area contributed by atoms with Crippen molar-refractivity contribution in [3.63, 3.8) is 0 Å². The van der Waals surface area contributed by atoms with Gasteiger partial charge in [-0.15, -0.1) is 11.8 Å². The second-order valence-corrected chi connectivity index (χ2v) is 6.45. The van der Waals surface area contributed by atoms with E-state index in [0.717, 1.165) is 10.6 Å². The summed E-state index contributed by atoms with van der Waals surface area (Å²) in [6.07, 6.45) is 2.40. The minimum atomic E-state index is -0.279. The first-order valence-electron chi connectivity index (χ1n) is 8.08. The number of rotatable bonds is 9. The summed E-state index contributed by atoms with van der Waals surface area (Å²) in [6, 6.07) is 13.7. The number of thioether (sulfide) groups is 1. The van der Waals surface area contributed by atoms with E-state index in [1.54, 1.807) is 23.9 Å². The second kappa shape index (κ2) is 10.1. The van der Waals surface area contributed by atoms with E-state index in [0.29, 0.717) is 31.9 Å². The molecule has 0 aliphatic rings. The van der Waals surface area contributed by atoms with E-state index >= 15 is 0 Å². The first-order chi connectivity index (χ1) is 12.1. The zero-order chi connectivity index (χ0) is 18.1. The topological polar surface area (TPSA) is 41.6 Å². The first-order valence-corrected chi connectivity index (χ1v) is 9.30. The summed E-state index contributed by atoms with van der Waals surface area (Å²) in [5, 5.41) is 2.95. The minimum absolute atomic E-state index is 0.00666. The molecule has 0 atom stereocenters. The molecule has 2 aromatic carbocycles. The lowest BCUT2D eigenvalue weighted by molar-refractivity contribution is -0.116. The fourth-order valence-electron chi connectivity index (χ4n) is 2.21. The molecule has 0 aliphatic heterocycles. The minimum Gasteiger partial charge on any atom is -0.492 e. The molecule has 0 saturated heterocycles. The fraction of sp³-hybridized carbons (Fsp3) is 0.316. The molecule has 2 aromatic rings. The number of hydrogen-bond donors (Lipinski definition) is 1. The molecule has 0 unspecified atom stereocenters.